The lowest BCUT2D eigenvalue weighted by atomic mass is 9.65. The third-order valence-corrected chi connectivity index (χ3v) is 6.99. The summed E-state index contributed by atoms with van der Waals surface area (Å²) in [4.78, 5) is 6.36. The molecule has 0 saturated carbocycles. The van der Waals surface area contributed by atoms with Gasteiger partial charge in [0, 0.05) is 24.0 Å². The highest BCUT2D eigenvalue weighted by molar-refractivity contribution is 14.0. The Labute approximate surface area is 173 Å². The van der Waals surface area contributed by atoms with Crippen LogP contribution in [0.2, 0.25) is 0 Å². The second kappa shape index (κ2) is 8.41. The zero-order chi connectivity index (χ0) is 18.9. The van der Waals surface area contributed by atoms with Crippen molar-refractivity contribution >= 4 is 39.8 Å². The molecule has 0 amide bonds. The summed E-state index contributed by atoms with van der Waals surface area (Å²) in [7, 11) is -3.70. The zero-order valence-electron chi connectivity index (χ0n) is 16.0. The van der Waals surface area contributed by atoms with E-state index in [1.165, 1.54) is 18.2 Å². The number of guanidine groups is 1. The third-order valence-electron chi connectivity index (χ3n) is 5.27. The molecule has 0 aromatic heterocycles. The van der Waals surface area contributed by atoms with E-state index in [0.717, 1.165) is 12.6 Å². The Morgan fingerprint density at radius 2 is 1.88 bits per heavy atom. The molecule has 0 bridgehead atoms. The zero-order valence-corrected chi connectivity index (χ0v) is 19.2. The first kappa shape index (κ1) is 23.1. The van der Waals surface area contributed by atoms with Crippen LogP contribution >= 0.6 is 24.0 Å². The van der Waals surface area contributed by atoms with Gasteiger partial charge >= 0.3 is 0 Å². The Balaban J connectivity index is 0.00000338. The van der Waals surface area contributed by atoms with E-state index >= 15 is 0 Å². The normalized spacial score (nSPS) is 18.7. The van der Waals surface area contributed by atoms with Crippen LogP contribution in [0, 0.1) is 11.2 Å². The molecule has 0 spiro atoms. The maximum atomic E-state index is 13.7. The molecule has 1 aromatic rings. The largest absolute Gasteiger partial charge is 0.356 e. The van der Waals surface area contributed by atoms with Gasteiger partial charge in [0.15, 0.2) is 15.8 Å². The summed E-state index contributed by atoms with van der Waals surface area (Å²) >= 11 is 0. The fourth-order valence-electron chi connectivity index (χ4n) is 2.87. The third kappa shape index (κ3) is 4.49. The fourth-order valence-corrected chi connectivity index (χ4v) is 4.08. The number of hydrogen-bond donors (Lipinski definition) is 1. The van der Waals surface area contributed by atoms with Gasteiger partial charge in [-0.3, -0.25) is 4.99 Å². The van der Waals surface area contributed by atoms with Gasteiger partial charge in [-0.15, -0.1) is 24.0 Å². The first-order valence-corrected chi connectivity index (χ1v) is 10.2. The summed E-state index contributed by atoms with van der Waals surface area (Å²) in [6, 6.07) is 5.45. The first-order valence-electron chi connectivity index (χ1n) is 8.56. The van der Waals surface area contributed by atoms with Crippen LogP contribution in [0.1, 0.15) is 34.6 Å². The number of nitrogens with zero attached hydrogens (tertiary/aromatic N) is 2. The number of benzene rings is 1. The SMILES string of the molecule is CCNC(=NCCS(=O)(=O)c1ccccc1F)N1CC(C)(C)C1(C)C.I. The fraction of sp³-hybridized carbons (Fsp3) is 0.611. The first-order chi connectivity index (χ1) is 11.5. The van der Waals surface area contributed by atoms with Crippen molar-refractivity contribution in [3.8, 4) is 0 Å². The van der Waals surface area contributed by atoms with E-state index < -0.39 is 15.7 Å². The van der Waals surface area contributed by atoms with Gasteiger partial charge in [0.1, 0.15) is 10.7 Å². The van der Waals surface area contributed by atoms with Gasteiger partial charge in [-0.2, -0.15) is 0 Å². The molecule has 1 aromatic carbocycles. The number of rotatable bonds is 5. The molecule has 1 aliphatic heterocycles. The highest BCUT2D eigenvalue weighted by atomic mass is 127. The lowest BCUT2D eigenvalue weighted by Crippen LogP contribution is -2.72. The summed E-state index contributed by atoms with van der Waals surface area (Å²) in [5.74, 6) is -0.236. The van der Waals surface area contributed by atoms with Gasteiger partial charge in [-0.1, -0.05) is 26.0 Å². The lowest BCUT2D eigenvalue weighted by Gasteiger charge is -2.62. The molecule has 0 unspecified atom stereocenters. The number of likely N-dealkylation sites (tertiary alicyclic amines) is 1. The quantitative estimate of drug-likeness (QED) is 0.386. The standard InChI is InChI=1S/C18H28FN3O2S.HI/c1-6-20-16(22-13-17(2,3)18(22,4)5)21-11-12-25(23,24)15-10-8-7-9-14(15)19;/h7-10H,6,11-13H2,1-5H3,(H,20,21);1H. The van der Waals surface area contributed by atoms with Crippen molar-refractivity contribution < 1.29 is 12.8 Å². The van der Waals surface area contributed by atoms with Gasteiger partial charge in [0.2, 0.25) is 0 Å². The second-order valence-electron chi connectivity index (χ2n) is 7.51. The van der Waals surface area contributed by atoms with Gasteiger partial charge in [0.25, 0.3) is 0 Å². The molecule has 0 aliphatic carbocycles. The van der Waals surface area contributed by atoms with Crippen LogP contribution in [0.4, 0.5) is 4.39 Å². The van der Waals surface area contributed by atoms with Crippen molar-refractivity contribution in [2.24, 2.45) is 10.4 Å². The number of halogens is 2. The molecule has 1 fully saturated rings. The Morgan fingerprint density at radius 3 is 2.38 bits per heavy atom. The minimum absolute atomic E-state index is 0. The molecular formula is C18H29FIN3O2S. The Kier molecular flexibility index (Phi) is 7.49. The minimum Gasteiger partial charge on any atom is -0.356 e. The summed E-state index contributed by atoms with van der Waals surface area (Å²) in [6.07, 6.45) is 0. The van der Waals surface area contributed by atoms with Crippen molar-refractivity contribution in [1.29, 1.82) is 0 Å². The highest BCUT2D eigenvalue weighted by Gasteiger charge is 2.53. The molecule has 148 valence electrons. The second-order valence-corrected chi connectivity index (χ2v) is 9.59. The molecule has 1 aliphatic rings. The Morgan fingerprint density at radius 1 is 1.27 bits per heavy atom. The molecule has 2 rings (SSSR count). The van der Waals surface area contributed by atoms with Gasteiger partial charge < -0.3 is 10.2 Å². The van der Waals surface area contributed by atoms with E-state index in [-0.39, 0.29) is 52.1 Å². The Hall–Kier alpha value is -0.900. The molecule has 26 heavy (non-hydrogen) atoms. The van der Waals surface area contributed by atoms with Crippen LogP contribution in [0.3, 0.4) is 0 Å². The van der Waals surface area contributed by atoms with Crippen molar-refractivity contribution in [1.82, 2.24) is 10.2 Å². The van der Waals surface area contributed by atoms with Crippen molar-refractivity contribution in [3.05, 3.63) is 30.1 Å². The topological polar surface area (TPSA) is 61.8 Å². The highest BCUT2D eigenvalue weighted by Crippen LogP contribution is 2.46. The van der Waals surface area contributed by atoms with Gasteiger partial charge in [0.05, 0.1) is 12.3 Å². The molecular weight excluding hydrogens is 468 g/mol. The summed E-state index contributed by atoms with van der Waals surface area (Å²) in [6.45, 7) is 12.3. The van der Waals surface area contributed by atoms with Crippen LogP contribution < -0.4 is 5.32 Å². The Bertz CT molecular complexity index is 763. The van der Waals surface area contributed by atoms with Crippen LogP contribution in [0.5, 0.6) is 0 Å². The average molecular weight is 497 g/mol. The molecule has 1 heterocycles. The number of sulfone groups is 1. The molecule has 5 nitrogen and oxygen atoms in total. The van der Waals surface area contributed by atoms with E-state index in [0.29, 0.717) is 12.5 Å². The van der Waals surface area contributed by atoms with Crippen LogP contribution in [0.15, 0.2) is 34.2 Å². The smallest absolute Gasteiger partial charge is 0.194 e. The van der Waals surface area contributed by atoms with E-state index in [9.17, 15) is 12.8 Å². The van der Waals surface area contributed by atoms with E-state index in [1.807, 2.05) is 6.92 Å². The molecule has 8 heteroatoms. The van der Waals surface area contributed by atoms with E-state index in [2.05, 4.69) is 42.9 Å². The van der Waals surface area contributed by atoms with E-state index in [4.69, 9.17) is 0 Å². The number of aliphatic imine (C=N–C) groups is 1. The van der Waals surface area contributed by atoms with Crippen LogP contribution in [-0.4, -0.2) is 50.2 Å². The summed E-state index contributed by atoms with van der Waals surface area (Å²) < 4.78 is 38.4. The van der Waals surface area contributed by atoms with Crippen LogP contribution in [0.25, 0.3) is 0 Å². The predicted molar refractivity (Wildman–Crippen MR) is 114 cm³/mol. The molecule has 1 N–H and O–H groups in total. The van der Waals surface area contributed by atoms with Crippen LogP contribution in [-0.2, 0) is 9.84 Å². The summed E-state index contributed by atoms with van der Waals surface area (Å²) in [5, 5.41) is 3.22. The van der Waals surface area contributed by atoms with Crippen molar-refractivity contribution in [2.45, 2.75) is 45.1 Å². The lowest BCUT2D eigenvalue weighted by molar-refractivity contribution is -0.0667. The minimum atomic E-state index is -3.70. The maximum Gasteiger partial charge on any atom is 0.194 e. The summed E-state index contributed by atoms with van der Waals surface area (Å²) in [5.41, 5.74) is 0.0842. The molecule has 0 atom stereocenters. The molecule has 0 radical (unpaired) electrons. The van der Waals surface area contributed by atoms with Gasteiger partial charge in [-0.05, 0) is 32.9 Å². The van der Waals surface area contributed by atoms with Crippen molar-refractivity contribution in [3.63, 3.8) is 0 Å². The average Bonchev–Trinajstić information content (AvgIpc) is 2.52. The predicted octanol–water partition coefficient (Wildman–Crippen LogP) is 3.30. The number of nitrogens with one attached hydrogen (secondary N) is 1. The van der Waals surface area contributed by atoms with E-state index in [1.54, 1.807) is 0 Å². The van der Waals surface area contributed by atoms with Crippen molar-refractivity contribution in [2.75, 3.05) is 25.4 Å². The number of hydrogen-bond acceptors (Lipinski definition) is 3. The maximum absolute atomic E-state index is 13.7. The van der Waals surface area contributed by atoms with Gasteiger partial charge in [-0.25, -0.2) is 12.8 Å². The molecule has 1 saturated heterocycles. The monoisotopic (exact) mass is 497 g/mol.